The van der Waals surface area contributed by atoms with Gasteiger partial charge in [-0.1, -0.05) is 13.8 Å². The third-order valence-corrected chi connectivity index (χ3v) is 9.33. The summed E-state index contributed by atoms with van der Waals surface area (Å²) in [5, 5.41) is 20.5. The zero-order valence-electron chi connectivity index (χ0n) is 21.0. The fourth-order valence-electron chi connectivity index (χ4n) is 6.01. The Morgan fingerprint density at radius 2 is 2.11 bits per heavy atom. The van der Waals surface area contributed by atoms with Crippen molar-refractivity contribution in [3.63, 3.8) is 0 Å². The number of rotatable bonds is 10. The van der Waals surface area contributed by atoms with E-state index in [0.29, 0.717) is 31.0 Å². The summed E-state index contributed by atoms with van der Waals surface area (Å²) in [5.74, 6) is -2.20. The number of likely N-dealkylation sites (tertiary alicyclic amines) is 1. The number of Topliss-reactive ketones (excluding diaryl/α,β-unsaturated/α-hetero) is 1. The number of carboxylic acids is 1. The molecule has 36 heavy (non-hydrogen) atoms. The van der Waals surface area contributed by atoms with Crippen molar-refractivity contribution in [2.45, 2.75) is 56.5 Å². The van der Waals surface area contributed by atoms with E-state index in [0.717, 1.165) is 12.8 Å². The van der Waals surface area contributed by atoms with Crippen molar-refractivity contribution < 1.29 is 24.3 Å². The summed E-state index contributed by atoms with van der Waals surface area (Å²) in [4.78, 5) is 55.9. The summed E-state index contributed by atoms with van der Waals surface area (Å²) >= 11 is 1.46. The minimum Gasteiger partial charge on any atom is -0.477 e. The van der Waals surface area contributed by atoms with Gasteiger partial charge in [0.15, 0.2) is 5.78 Å². The highest BCUT2D eigenvalue weighted by atomic mass is 32.2. The lowest BCUT2D eigenvalue weighted by Gasteiger charge is -2.47. The number of carbonyl (C=O) groups excluding carboxylic acids is 3. The lowest BCUT2D eigenvalue weighted by molar-refractivity contribution is -0.160. The van der Waals surface area contributed by atoms with Crippen molar-refractivity contribution in [1.29, 1.82) is 5.41 Å². The van der Waals surface area contributed by atoms with Crippen LogP contribution in [0.25, 0.3) is 0 Å². The van der Waals surface area contributed by atoms with Crippen LogP contribution in [0.1, 0.15) is 33.1 Å². The van der Waals surface area contributed by atoms with Crippen molar-refractivity contribution in [3.05, 3.63) is 10.6 Å². The predicted molar refractivity (Wildman–Crippen MR) is 135 cm³/mol. The van der Waals surface area contributed by atoms with E-state index in [1.807, 2.05) is 13.8 Å². The first kappa shape index (κ1) is 26.6. The Morgan fingerprint density at radius 1 is 1.39 bits per heavy atom. The number of nitrogens with zero attached hydrogens (tertiary/aromatic N) is 3. The minimum absolute atomic E-state index is 0.0185. The van der Waals surface area contributed by atoms with Crippen molar-refractivity contribution in [3.8, 4) is 0 Å². The maximum absolute atomic E-state index is 13.1. The second-order valence-corrected chi connectivity index (χ2v) is 11.9. The van der Waals surface area contributed by atoms with E-state index >= 15 is 0 Å². The van der Waals surface area contributed by atoms with E-state index in [1.165, 1.54) is 21.6 Å². The number of carbonyl (C=O) groups is 4. The second-order valence-electron chi connectivity index (χ2n) is 10.6. The van der Waals surface area contributed by atoms with Crippen LogP contribution < -0.4 is 11.1 Å². The van der Waals surface area contributed by atoms with Gasteiger partial charge in [0.05, 0.1) is 30.9 Å². The summed E-state index contributed by atoms with van der Waals surface area (Å²) in [5.41, 5.74) is 5.99. The first-order valence-corrected chi connectivity index (χ1v) is 13.4. The maximum Gasteiger partial charge on any atom is 0.353 e. The molecule has 3 fully saturated rings. The third-order valence-electron chi connectivity index (χ3n) is 7.82. The standard InChI is InChI=1S/C24H36N6O5S/c1-12(6-15(31)10-28(3)11-25)18-19-13(2)21(20(24(34)35)30(19)23(18)33)36-16-7-17(27-8-16)22(32)29-5-4-14(26)9-29/h11-14,16-19,25,27H,4-10,26H2,1-3H3,(H,34,35)/t12-,13+,14-,16-,17-,18+,19+/m0/s1. The second kappa shape index (κ2) is 10.5. The van der Waals surface area contributed by atoms with E-state index in [1.54, 1.807) is 11.9 Å². The van der Waals surface area contributed by atoms with Gasteiger partial charge in [-0.25, -0.2) is 4.79 Å². The molecule has 12 heteroatoms. The zero-order valence-corrected chi connectivity index (χ0v) is 21.8. The molecule has 5 N–H and O–H groups in total. The van der Waals surface area contributed by atoms with Crippen LogP contribution in [-0.4, -0.2) is 106 Å². The van der Waals surface area contributed by atoms with Gasteiger partial charge >= 0.3 is 5.97 Å². The highest BCUT2D eigenvalue weighted by Gasteiger charge is 2.60. The number of amides is 2. The highest BCUT2D eigenvalue weighted by molar-refractivity contribution is 8.03. The number of thioether (sulfide) groups is 1. The van der Waals surface area contributed by atoms with Crippen LogP contribution in [0, 0.1) is 23.2 Å². The first-order chi connectivity index (χ1) is 17.0. The van der Waals surface area contributed by atoms with Crippen LogP contribution >= 0.6 is 11.8 Å². The van der Waals surface area contributed by atoms with Gasteiger partial charge in [0.25, 0.3) is 0 Å². The molecule has 0 aromatic rings. The van der Waals surface area contributed by atoms with Gasteiger partial charge in [0.2, 0.25) is 11.8 Å². The molecule has 0 saturated carbocycles. The number of fused-ring (bicyclic) bond motifs is 1. The molecule has 7 atom stereocenters. The molecule has 0 radical (unpaired) electrons. The van der Waals surface area contributed by atoms with Gasteiger partial charge in [-0.3, -0.25) is 19.8 Å². The number of carboxylic acid groups (broad SMARTS) is 1. The maximum atomic E-state index is 13.1. The molecule has 0 aromatic carbocycles. The van der Waals surface area contributed by atoms with E-state index in [-0.39, 0.29) is 71.5 Å². The van der Waals surface area contributed by atoms with Crippen LogP contribution in [0.2, 0.25) is 0 Å². The number of likely N-dealkylation sites (N-methyl/N-ethyl adjacent to an activating group) is 1. The lowest BCUT2D eigenvalue weighted by atomic mass is 9.73. The number of nitrogens with one attached hydrogen (secondary N) is 2. The molecule has 4 aliphatic rings. The van der Waals surface area contributed by atoms with Gasteiger partial charge in [-0.05, 0) is 18.8 Å². The number of hydrogen-bond acceptors (Lipinski definition) is 8. The molecule has 0 bridgehead atoms. The number of ketones is 1. The number of aliphatic carboxylic acids is 1. The van der Waals surface area contributed by atoms with Gasteiger partial charge in [0.1, 0.15) is 5.70 Å². The summed E-state index contributed by atoms with van der Waals surface area (Å²) in [6.45, 7) is 5.73. The van der Waals surface area contributed by atoms with Crippen molar-refractivity contribution in [2.75, 3.05) is 33.2 Å². The fraction of sp³-hybridized carbons (Fsp3) is 0.708. The average Bonchev–Trinajstić information content (AvgIpc) is 3.51. The van der Waals surface area contributed by atoms with Crippen LogP contribution in [-0.2, 0) is 19.2 Å². The molecule has 4 rings (SSSR count). The molecular formula is C24H36N6O5S. The Labute approximate surface area is 215 Å². The molecule has 198 valence electrons. The molecule has 0 aromatic heterocycles. The van der Waals surface area contributed by atoms with Crippen molar-refractivity contribution >= 4 is 41.7 Å². The summed E-state index contributed by atoms with van der Waals surface area (Å²) < 4.78 is 0. The number of β-lactam (4-membered cyclic amide) rings is 1. The molecule has 0 spiro atoms. The van der Waals surface area contributed by atoms with Crippen LogP contribution in [0.5, 0.6) is 0 Å². The SMILES string of the molecule is C[C@@H](CC(=O)CN(C)C=N)[C@H]1C(=O)N2C(C(=O)O)=C(S[C@@H]3CN[C@H](C(=O)N4CC[C@H](N)C4)C3)[C@H](C)[C@H]12. The van der Waals surface area contributed by atoms with E-state index in [2.05, 4.69) is 5.32 Å². The Balaban J connectivity index is 1.41. The van der Waals surface area contributed by atoms with E-state index in [4.69, 9.17) is 11.1 Å². The molecule has 0 unspecified atom stereocenters. The molecule has 4 aliphatic heterocycles. The van der Waals surface area contributed by atoms with Crippen LogP contribution in [0.3, 0.4) is 0 Å². The molecule has 4 heterocycles. The summed E-state index contributed by atoms with van der Waals surface area (Å²) in [7, 11) is 1.65. The molecule has 2 amide bonds. The third kappa shape index (κ3) is 4.90. The number of nitrogens with two attached hydrogens (primary N) is 1. The van der Waals surface area contributed by atoms with E-state index < -0.39 is 11.9 Å². The Bertz CT molecular complexity index is 988. The van der Waals surface area contributed by atoms with Gasteiger partial charge in [-0.2, -0.15) is 0 Å². The van der Waals surface area contributed by atoms with Crippen LogP contribution in [0.4, 0.5) is 0 Å². The summed E-state index contributed by atoms with van der Waals surface area (Å²) in [6, 6.07) is -0.574. The Kier molecular flexibility index (Phi) is 7.77. The quantitative estimate of drug-likeness (QED) is 0.175. The fourth-order valence-corrected chi connectivity index (χ4v) is 7.49. The van der Waals surface area contributed by atoms with Gasteiger partial charge in [-0.15, -0.1) is 11.8 Å². The topological polar surface area (TPSA) is 160 Å². The minimum atomic E-state index is -1.13. The summed E-state index contributed by atoms with van der Waals surface area (Å²) in [6.07, 6.45) is 2.68. The Hall–Kier alpha value is -2.44. The lowest BCUT2D eigenvalue weighted by Crippen LogP contribution is -2.62. The smallest absolute Gasteiger partial charge is 0.353 e. The largest absolute Gasteiger partial charge is 0.477 e. The van der Waals surface area contributed by atoms with Crippen molar-refractivity contribution in [1.82, 2.24) is 20.0 Å². The van der Waals surface area contributed by atoms with E-state index in [9.17, 15) is 24.3 Å². The Morgan fingerprint density at radius 3 is 2.72 bits per heavy atom. The monoisotopic (exact) mass is 520 g/mol. The molecule has 0 aliphatic carbocycles. The number of hydrogen-bond donors (Lipinski definition) is 4. The normalized spacial score (nSPS) is 32.4. The first-order valence-electron chi connectivity index (χ1n) is 12.5. The van der Waals surface area contributed by atoms with Crippen LogP contribution in [0.15, 0.2) is 10.6 Å². The van der Waals surface area contributed by atoms with Gasteiger partial charge in [0, 0.05) is 55.2 Å². The highest BCUT2D eigenvalue weighted by Crippen LogP contribution is 2.53. The average molecular weight is 521 g/mol. The molecule has 3 saturated heterocycles. The molecule has 11 nitrogen and oxygen atoms in total. The predicted octanol–water partition coefficient (Wildman–Crippen LogP) is -0.0832. The molecular weight excluding hydrogens is 484 g/mol. The van der Waals surface area contributed by atoms with Crippen molar-refractivity contribution in [2.24, 2.45) is 23.5 Å². The van der Waals surface area contributed by atoms with Gasteiger partial charge < -0.3 is 30.9 Å². The zero-order chi connectivity index (χ0) is 26.3.